The van der Waals surface area contributed by atoms with Crippen LogP contribution in [0.25, 0.3) is 49.9 Å². The number of fused-ring (bicyclic) bond motifs is 5. The van der Waals surface area contributed by atoms with E-state index in [9.17, 15) is 0 Å². The lowest BCUT2D eigenvalue weighted by atomic mass is 9.67. The third-order valence-corrected chi connectivity index (χ3v) is 12.1. The van der Waals surface area contributed by atoms with Gasteiger partial charge in [-0.25, -0.2) is 4.98 Å². The number of benzene rings is 7. The molecule has 0 saturated heterocycles. The summed E-state index contributed by atoms with van der Waals surface area (Å²) in [5, 5.41) is 2.45. The van der Waals surface area contributed by atoms with Gasteiger partial charge < -0.3 is 18.8 Å². The van der Waals surface area contributed by atoms with Crippen LogP contribution in [0.15, 0.2) is 176 Å². The first-order valence-electron chi connectivity index (χ1n) is 21.1. The first-order chi connectivity index (χ1) is 30.2. The van der Waals surface area contributed by atoms with Crippen molar-refractivity contribution in [3.05, 3.63) is 199 Å². The zero-order valence-electron chi connectivity index (χ0n) is 35.4. The van der Waals surface area contributed by atoms with E-state index in [-0.39, 0.29) is 5.41 Å². The van der Waals surface area contributed by atoms with Gasteiger partial charge in [0.15, 0.2) is 0 Å². The second-order valence-electron chi connectivity index (χ2n) is 17.1. The van der Waals surface area contributed by atoms with Crippen molar-refractivity contribution in [1.29, 1.82) is 0 Å². The summed E-state index contributed by atoms with van der Waals surface area (Å²) < 4.78 is 20.2. The van der Waals surface area contributed by atoms with Gasteiger partial charge in [0.25, 0.3) is 6.33 Å². The van der Waals surface area contributed by atoms with Gasteiger partial charge in [-0.2, -0.15) is 0 Å². The van der Waals surface area contributed by atoms with Gasteiger partial charge in [0.05, 0.1) is 44.8 Å². The molecule has 0 amide bonds. The van der Waals surface area contributed by atoms with E-state index in [0.29, 0.717) is 11.5 Å². The van der Waals surface area contributed by atoms with Crippen LogP contribution in [-0.2, 0) is 5.41 Å². The molecule has 300 valence electrons. The predicted molar refractivity (Wildman–Crippen MR) is 252 cm³/mol. The van der Waals surface area contributed by atoms with Crippen LogP contribution in [0.2, 0.25) is 0 Å². The first kappa shape index (κ1) is 37.4. The maximum atomic E-state index is 6.80. The highest BCUT2D eigenvalue weighted by molar-refractivity contribution is 6.75. The van der Waals surface area contributed by atoms with Crippen molar-refractivity contribution >= 4 is 56.9 Å². The smallest absolute Gasteiger partial charge is 0.526 e. The molecule has 62 heavy (non-hydrogen) atoms. The van der Waals surface area contributed by atoms with Crippen LogP contribution in [0.5, 0.6) is 17.2 Å². The molecule has 10 aromatic rings. The molecule has 0 atom stereocenters. The summed E-state index contributed by atoms with van der Waals surface area (Å²) in [6, 6.07) is 59.2. The van der Waals surface area contributed by atoms with Crippen molar-refractivity contribution in [2.45, 2.75) is 40.0 Å². The Morgan fingerprint density at radius 1 is 0.629 bits per heavy atom. The number of ether oxygens (including phenoxy) is 1. The normalized spacial score (nSPS) is 12.7. The van der Waals surface area contributed by atoms with Crippen molar-refractivity contribution in [2.75, 3.05) is 4.81 Å². The Morgan fingerprint density at radius 2 is 1.29 bits per heavy atom. The molecular weight excluding hydrogens is 761 g/mol. The Labute approximate surface area is 361 Å². The van der Waals surface area contributed by atoms with E-state index in [1.54, 1.807) is 0 Å². The number of hydrogen-bond acceptors (Lipinski definition) is 4. The topological polar surface area (TPSA) is 48.3 Å². The minimum absolute atomic E-state index is 0.0529. The minimum atomic E-state index is -0.392. The lowest BCUT2D eigenvalue weighted by molar-refractivity contribution is -0.572. The Morgan fingerprint density at radius 3 is 2.05 bits per heavy atom. The van der Waals surface area contributed by atoms with Crippen molar-refractivity contribution in [3.63, 3.8) is 0 Å². The molecule has 0 N–H and O–H groups in total. The van der Waals surface area contributed by atoms with Crippen molar-refractivity contribution in [3.8, 4) is 34.3 Å². The zero-order valence-corrected chi connectivity index (χ0v) is 35.4. The molecule has 0 aliphatic carbocycles. The summed E-state index contributed by atoms with van der Waals surface area (Å²) in [6.07, 6.45) is 5.65. The molecule has 8 heteroatoms. The molecule has 0 saturated carbocycles. The van der Waals surface area contributed by atoms with Crippen LogP contribution >= 0.6 is 0 Å². The number of para-hydroxylation sites is 6. The summed E-state index contributed by atoms with van der Waals surface area (Å²) in [5.74, 6) is 3.00. The molecule has 7 aromatic carbocycles. The molecule has 0 unspecified atom stereocenters. The fourth-order valence-corrected chi connectivity index (χ4v) is 9.09. The molecule has 11 rings (SSSR count). The number of rotatable bonds is 7. The summed E-state index contributed by atoms with van der Waals surface area (Å²) >= 11 is 0. The van der Waals surface area contributed by atoms with Gasteiger partial charge in [0.1, 0.15) is 23.1 Å². The number of nitrogens with zero attached hydrogens (tertiary/aromatic N) is 5. The lowest BCUT2D eigenvalue weighted by Crippen LogP contribution is -2.49. The van der Waals surface area contributed by atoms with Gasteiger partial charge in [-0.15, -0.1) is 0 Å². The van der Waals surface area contributed by atoms with Gasteiger partial charge in [0, 0.05) is 23.0 Å². The van der Waals surface area contributed by atoms with Gasteiger partial charge in [0.2, 0.25) is 0 Å². The molecule has 0 bridgehead atoms. The van der Waals surface area contributed by atoms with E-state index in [1.807, 2.05) is 30.5 Å². The molecule has 0 spiro atoms. The van der Waals surface area contributed by atoms with Gasteiger partial charge >= 0.3 is 7.05 Å². The van der Waals surface area contributed by atoms with E-state index >= 15 is 0 Å². The summed E-state index contributed by atoms with van der Waals surface area (Å²) in [6.45, 7) is 11.0. The molecule has 3 aromatic heterocycles. The highest BCUT2D eigenvalue weighted by atomic mass is 16.5. The number of aryl methyl sites for hydroxylation is 2. The summed E-state index contributed by atoms with van der Waals surface area (Å²) in [7, 11) is -0.392. The maximum absolute atomic E-state index is 6.80. The molecular formula is C54H44BN5O2. The number of hydrogen-bond donors (Lipinski definition) is 0. The van der Waals surface area contributed by atoms with Crippen molar-refractivity contribution in [2.24, 2.45) is 0 Å². The Balaban J connectivity index is 0.980. The van der Waals surface area contributed by atoms with E-state index in [4.69, 9.17) is 14.4 Å². The van der Waals surface area contributed by atoms with E-state index in [0.717, 1.165) is 61.8 Å². The highest BCUT2D eigenvalue weighted by Crippen LogP contribution is 2.44. The largest absolute Gasteiger partial charge is 0.536 e. The zero-order chi connectivity index (χ0) is 42.1. The number of pyridine rings is 1. The van der Waals surface area contributed by atoms with Crippen molar-refractivity contribution in [1.82, 2.24) is 14.1 Å². The summed E-state index contributed by atoms with van der Waals surface area (Å²) in [4.78, 5) is 7.13. The van der Waals surface area contributed by atoms with Crippen LogP contribution in [-0.4, -0.2) is 21.2 Å². The van der Waals surface area contributed by atoms with Crippen LogP contribution in [0.4, 0.5) is 11.5 Å². The van der Waals surface area contributed by atoms with E-state index in [1.165, 1.54) is 27.5 Å². The lowest BCUT2D eigenvalue weighted by Gasteiger charge is -2.26. The molecule has 7 nitrogen and oxygen atoms in total. The average Bonchev–Trinajstić information content (AvgIpc) is 3.96. The standard InChI is InChI=1S/C54H44BN5O2/c1-36-16-14-17-37(2)53(36)55-60(52-32-38(30-31-56-52)54(3,4)5)50-34-41(28-29-51(50)62-55)61-40-19-15-18-39(33-40)57-35-58(47-25-11-10-24-46(47)57)48-26-12-13-27-49(48)59-44-22-8-6-20-42(44)43-21-7-9-23-45(43)59/h6-34H,1-5H3. The average molecular weight is 806 g/mol. The fraction of sp³-hybridized carbons (Fsp3) is 0.111. The van der Waals surface area contributed by atoms with Gasteiger partial charge in [-0.05, 0) is 97.0 Å². The van der Waals surface area contributed by atoms with E-state index < -0.39 is 7.05 Å². The Hall–Kier alpha value is -7.58. The molecule has 4 heterocycles. The fourth-order valence-electron chi connectivity index (χ4n) is 9.09. The minimum Gasteiger partial charge on any atom is -0.536 e. The van der Waals surface area contributed by atoms with Gasteiger partial charge in [-0.1, -0.05) is 129 Å². The van der Waals surface area contributed by atoms with Crippen molar-refractivity contribution < 1.29 is 14.0 Å². The van der Waals surface area contributed by atoms with Crippen LogP contribution < -0.4 is 24.2 Å². The van der Waals surface area contributed by atoms with Crippen LogP contribution in [0.3, 0.4) is 0 Å². The second kappa shape index (κ2) is 14.6. The number of imidazole rings is 1. The van der Waals surface area contributed by atoms with Crippen LogP contribution in [0.1, 0.15) is 37.5 Å². The molecule has 0 radical (unpaired) electrons. The maximum Gasteiger partial charge on any atom is 0.526 e. The Kier molecular flexibility index (Phi) is 8.79. The second-order valence-corrected chi connectivity index (χ2v) is 17.1. The third-order valence-electron chi connectivity index (χ3n) is 12.1. The predicted octanol–water partition coefficient (Wildman–Crippen LogP) is 11.8. The first-order valence-corrected chi connectivity index (χ1v) is 21.1. The SMILES string of the molecule is Cc1cccc(C)c1B1Oc2ccc(Oc3cccc(-n4[c-][n+](-c5ccccc5-n5c6ccccc6c6ccccc65)c5ccccc54)c3)cc2N1c1cc(C(C)(C)C)ccn1. The Bertz CT molecular complexity index is 3290. The monoisotopic (exact) mass is 805 g/mol. The molecule has 1 aliphatic rings. The number of aromatic nitrogens is 4. The number of anilines is 2. The quantitative estimate of drug-likeness (QED) is 0.0914. The van der Waals surface area contributed by atoms with E-state index in [2.05, 4.69) is 205 Å². The molecule has 0 fully saturated rings. The molecule has 1 aliphatic heterocycles. The third kappa shape index (κ3) is 6.21. The summed E-state index contributed by atoms with van der Waals surface area (Å²) in [5.41, 5.74) is 12.9. The highest BCUT2D eigenvalue weighted by Gasteiger charge is 2.42. The van der Waals surface area contributed by atoms with Crippen LogP contribution in [0, 0.1) is 20.2 Å². The van der Waals surface area contributed by atoms with Gasteiger partial charge in [-0.3, -0.25) is 9.13 Å².